The minimum atomic E-state index is 0.0825. The van der Waals surface area contributed by atoms with Crippen LogP contribution in [0.3, 0.4) is 0 Å². The highest BCUT2D eigenvalue weighted by Crippen LogP contribution is 2.35. The first-order chi connectivity index (χ1) is 11.4. The normalized spacial score (nSPS) is 21.6. The van der Waals surface area contributed by atoms with Gasteiger partial charge in [-0.05, 0) is 30.5 Å². The van der Waals surface area contributed by atoms with Crippen LogP contribution in [0.5, 0.6) is 0 Å². The lowest BCUT2D eigenvalue weighted by Crippen LogP contribution is -2.34. The molecule has 2 fully saturated rings. The molecular weight excluding hydrogens is 308 g/mol. The van der Waals surface area contributed by atoms with Crippen molar-refractivity contribution in [2.24, 2.45) is 0 Å². The van der Waals surface area contributed by atoms with Gasteiger partial charge in [-0.3, -0.25) is 4.98 Å². The number of aromatic nitrogens is 3. The second kappa shape index (κ2) is 6.84. The van der Waals surface area contributed by atoms with Gasteiger partial charge in [-0.1, -0.05) is 0 Å². The Hall–Kier alpha value is -1.66. The maximum Gasteiger partial charge on any atom is 0.225 e. The van der Waals surface area contributed by atoms with E-state index >= 15 is 0 Å². The number of nitrogens with zero attached hydrogens (tertiary/aromatic N) is 4. The molecule has 4 heterocycles. The van der Waals surface area contributed by atoms with Gasteiger partial charge >= 0.3 is 0 Å². The van der Waals surface area contributed by atoms with Crippen LogP contribution in [0, 0.1) is 0 Å². The molecule has 2 aromatic rings. The third-order valence-electron chi connectivity index (χ3n) is 4.33. The van der Waals surface area contributed by atoms with Crippen molar-refractivity contribution in [2.45, 2.75) is 18.9 Å². The van der Waals surface area contributed by atoms with Gasteiger partial charge in [0, 0.05) is 55.4 Å². The van der Waals surface area contributed by atoms with Crippen molar-refractivity contribution in [3.05, 3.63) is 36.4 Å². The molecule has 0 radical (unpaired) electrons. The lowest BCUT2D eigenvalue weighted by molar-refractivity contribution is 0.109. The first-order valence-corrected chi connectivity index (χ1v) is 9.29. The number of thioether (sulfide) groups is 1. The average Bonchev–Trinajstić information content (AvgIpc) is 3.17. The van der Waals surface area contributed by atoms with E-state index in [0.29, 0.717) is 0 Å². The van der Waals surface area contributed by atoms with E-state index in [1.54, 1.807) is 0 Å². The van der Waals surface area contributed by atoms with Crippen LogP contribution < -0.4 is 4.90 Å². The summed E-state index contributed by atoms with van der Waals surface area (Å²) in [5.41, 5.74) is 3.19. The van der Waals surface area contributed by atoms with Crippen LogP contribution in [-0.2, 0) is 4.74 Å². The molecule has 5 nitrogen and oxygen atoms in total. The zero-order chi connectivity index (χ0) is 15.5. The first kappa shape index (κ1) is 14.9. The van der Waals surface area contributed by atoms with E-state index in [1.165, 1.54) is 0 Å². The molecule has 2 aliphatic rings. The second-order valence-electron chi connectivity index (χ2n) is 5.81. The third kappa shape index (κ3) is 3.19. The molecule has 0 saturated carbocycles. The average molecular weight is 328 g/mol. The summed E-state index contributed by atoms with van der Waals surface area (Å²) in [4.78, 5) is 15.9. The summed E-state index contributed by atoms with van der Waals surface area (Å²) in [7, 11) is 0. The number of ether oxygens (including phenoxy) is 1. The fraction of sp³-hybridized carbons (Fsp3) is 0.471. The van der Waals surface area contributed by atoms with Crippen LogP contribution in [0.15, 0.2) is 30.7 Å². The molecule has 120 valence electrons. The molecule has 2 aromatic heterocycles. The van der Waals surface area contributed by atoms with Crippen LogP contribution in [0.1, 0.15) is 24.6 Å². The monoisotopic (exact) mass is 328 g/mol. The van der Waals surface area contributed by atoms with E-state index < -0.39 is 0 Å². The molecule has 0 spiro atoms. The van der Waals surface area contributed by atoms with Crippen molar-refractivity contribution >= 4 is 17.7 Å². The van der Waals surface area contributed by atoms with E-state index in [-0.39, 0.29) is 6.10 Å². The number of hydrogen-bond donors (Lipinski definition) is 0. The first-order valence-electron chi connectivity index (χ1n) is 8.13. The van der Waals surface area contributed by atoms with Gasteiger partial charge in [0.25, 0.3) is 0 Å². The molecule has 1 atom stereocenters. The molecule has 0 N–H and O–H groups in total. The summed E-state index contributed by atoms with van der Waals surface area (Å²) in [6.45, 7) is 2.86. The molecule has 6 heteroatoms. The van der Waals surface area contributed by atoms with Gasteiger partial charge in [0.2, 0.25) is 5.95 Å². The summed E-state index contributed by atoms with van der Waals surface area (Å²) >= 11 is 1.99. The van der Waals surface area contributed by atoms with E-state index in [1.807, 2.05) is 42.5 Å². The summed E-state index contributed by atoms with van der Waals surface area (Å²) in [5, 5.41) is 0. The van der Waals surface area contributed by atoms with Crippen molar-refractivity contribution in [1.82, 2.24) is 15.0 Å². The van der Waals surface area contributed by atoms with Gasteiger partial charge in [-0.25, -0.2) is 9.97 Å². The van der Waals surface area contributed by atoms with Crippen molar-refractivity contribution in [2.75, 3.05) is 36.1 Å². The smallest absolute Gasteiger partial charge is 0.225 e. The Bertz CT molecular complexity index is 655. The summed E-state index contributed by atoms with van der Waals surface area (Å²) < 4.78 is 5.91. The van der Waals surface area contributed by atoms with E-state index in [2.05, 4.69) is 14.9 Å². The van der Waals surface area contributed by atoms with E-state index in [0.717, 1.165) is 66.8 Å². The zero-order valence-electron chi connectivity index (χ0n) is 13.0. The minimum absolute atomic E-state index is 0.0825. The van der Waals surface area contributed by atoms with Crippen LogP contribution in [0.2, 0.25) is 0 Å². The second-order valence-corrected chi connectivity index (χ2v) is 7.03. The highest BCUT2D eigenvalue weighted by molar-refractivity contribution is 7.99. The fourth-order valence-electron chi connectivity index (χ4n) is 3.09. The van der Waals surface area contributed by atoms with Crippen molar-refractivity contribution in [3.8, 4) is 11.1 Å². The molecule has 0 aliphatic carbocycles. The van der Waals surface area contributed by atoms with Crippen LogP contribution in [-0.4, -0.2) is 46.2 Å². The SMILES string of the molecule is c1cc(-c2cnc(N3CCSCC3)nc2[C@@H]2CCCO2)ccn1. The minimum Gasteiger partial charge on any atom is -0.372 e. The predicted molar refractivity (Wildman–Crippen MR) is 92.7 cm³/mol. The van der Waals surface area contributed by atoms with E-state index in [4.69, 9.17) is 9.72 Å². The Morgan fingerprint density at radius 3 is 2.74 bits per heavy atom. The van der Waals surface area contributed by atoms with Crippen molar-refractivity contribution in [3.63, 3.8) is 0 Å². The third-order valence-corrected chi connectivity index (χ3v) is 5.27. The number of anilines is 1. The maximum atomic E-state index is 5.91. The van der Waals surface area contributed by atoms with Gasteiger partial charge in [0.05, 0.1) is 5.69 Å². The summed E-state index contributed by atoms with van der Waals surface area (Å²) in [5.74, 6) is 3.13. The topological polar surface area (TPSA) is 51.1 Å². The number of rotatable bonds is 3. The lowest BCUT2D eigenvalue weighted by atomic mass is 10.0. The van der Waals surface area contributed by atoms with Crippen molar-refractivity contribution in [1.29, 1.82) is 0 Å². The number of hydrogen-bond acceptors (Lipinski definition) is 6. The molecular formula is C17H20N4OS. The van der Waals surface area contributed by atoms with Crippen LogP contribution in [0.25, 0.3) is 11.1 Å². The van der Waals surface area contributed by atoms with E-state index in [9.17, 15) is 0 Å². The molecule has 23 heavy (non-hydrogen) atoms. The number of pyridine rings is 1. The van der Waals surface area contributed by atoms with Crippen LogP contribution >= 0.6 is 11.8 Å². The predicted octanol–water partition coefficient (Wildman–Crippen LogP) is 2.94. The van der Waals surface area contributed by atoms with Gasteiger partial charge in [0.1, 0.15) is 6.10 Å². The summed E-state index contributed by atoms with van der Waals surface area (Å²) in [6.07, 6.45) is 7.79. The molecule has 2 saturated heterocycles. The molecule has 0 bridgehead atoms. The van der Waals surface area contributed by atoms with Gasteiger partial charge in [0.15, 0.2) is 0 Å². The van der Waals surface area contributed by atoms with Gasteiger partial charge in [-0.2, -0.15) is 11.8 Å². The standard InChI is InChI=1S/C17H20N4OS/c1-2-15(22-9-1)16-14(13-3-5-18-6-4-13)12-19-17(20-16)21-7-10-23-11-8-21/h3-6,12,15H,1-2,7-11H2/t15-/m0/s1. The molecule has 2 aliphatic heterocycles. The Morgan fingerprint density at radius 1 is 1.17 bits per heavy atom. The highest BCUT2D eigenvalue weighted by atomic mass is 32.2. The molecule has 0 aromatic carbocycles. The summed E-state index contributed by atoms with van der Waals surface area (Å²) in [6, 6.07) is 4.02. The van der Waals surface area contributed by atoms with Crippen molar-refractivity contribution < 1.29 is 4.74 Å². The van der Waals surface area contributed by atoms with Gasteiger partial charge in [-0.15, -0.1) is 0 Å². The molecule has 0 unspecified atom stereocenters. The highest BCUT2D eigenvalue weighted by Gasteiger charge is 2.25. The Kier molecular flexibility index (Phi) is 4.43. The zero-order valence-corrected chi connectivity index (χ0v) is 13.8. The Balaban J connectivity index is 1.73. The quantitative estimate of drug-likeness (QED) is 0.863. The molecule has 0 amide bonds. The van der Waals surface area contributed by atoms with Crippen LogP contribution in [0.4, 0.5) is 5.95 Å². The lowest BCUT2D eigenvalue weighted by Gasteiger charge is -2.27. The van der Waals surface area contributed by atoms with Gasteiger partial charge < -0.3 is 9.64 Å². The fourth-order valence-corrected chi connectivity index (χ4v) is 4.00. The Labute approximate surface area is 140 Å². The molecule has 4 rings (SSSR count). The largest absolute Gasteiger partial charge is 0.372 e. The Morgan fingerprint density at radius 2 is 2.00 bits per heavy atom. The maximum absolute atomic E-state index is 5.91.